The molecule has 0 aromatic carbocycles. The molecule has 0 fully saturated rings. The molecular formula is C17H19N5O3. The van der Waals surface area contributed by atoms with E-state index in [1.54, 1.807) is 24.5 Å². The van der Waals surface area contributed by atoms with Crippen molar-refractivity contribution in [3.05, 3.63) is 66.3 Å². The molecule has 3 N–H and O–H groups in total. The van der Waals surface area contributed by atoms with Crippen molar-refractivity contribution in [2.75, 3.05) is 6.54 Å². The van der Waals surface area contributed by atoms with Crippen LogP contribution < -0.4 is 10.6 Å². The number of aliphatic hydroxyl groups excluding tert-OH is 1. The zero-order chi connectivity index (χ0) is 17.6. The Kier molecular flexibility index (Phi) is 5.10. The number of furan rings is 1. The third kappa shape index (κ3) is 4.24. The number of aliphatic hydroxyl groups is 1. The van der Waals surface area contributed by atoms with Gasteiger partial charge in [0, 0.05) is 25.1 Å². The molecule has 3 aromatic heterocycles. The van der Waals surface area contributed by atoms with Crippen LogP contribution in [0.4, 0.5) is 4.79 Å². The van der Waals surface area contributed by atoms with Crippen molar-refractivity contribution < 1.29 is 14.3 Å². The van der Waals surface area contributed by atoms with Gasteiger partial charge in [-0.15, -0.1) is 0 Å². The topological polar surface area (TPSA) is 105 Å². The van der Waals surface area contributed by atoms with Crippen LogP contribution in [-0.4, -0.2) is 32.2 Å². The molecule has 25 heavy (non-hydrogen) atoms. The molecular weight excluding hydrogens is 322 g/mol. The number of carbonyl (C=O) groups is 1. The predicted molar refractivity (Wildman–Crippen MR) is 90.0 cm³/mol. The Bertz CT molecular complexity index is 811. The van der Waals surface area contributed by atoms with Gasteiger partial charge in [0.1, 0.15) is 23.5 Å². The Morgan fingerprint density at radius 3 is 2.84 bits per heavy atom. The molecule has 1 unspecified atom stereocenters. The van der Waals surface area contributed by atoms with Gasteiger partial charge in [0.25, 0.3) is 0 Å². The number of urea groups is 1. The molecule has 0 aliphatic rings. The number of carbonyl (C=O) groups excluding carboxylic acids is 1. The molecule has 0 bridgehead atoms. The maximum absolute atomic E-state index is 11.8. The summed E-state index contributed by atoms with van der Waals surface area (Å²) in [6.07, 6.45) is 5.86. The molecule has 0 aliphatic heterocycles. The average molecular weight is 341 g/mol. The van der Waals surface area contributed by atoms with E-state index in [-0.39, 0.29) is 12.6 Å². The van der Waals surface area contributed by atoms with Gasteiger partial charge in [-0.1, -0.05) is 6.07 Å². The molecule has 3 heterocycles. The van der Waals surface area contributed by atoms with Crippen LogP contribution in [0, 0.1) is 6.92 Å². The van der Waals surface area contributed by atoms with E-state index in [2.05, 4.69) is 20.6 Å². The predicted octanol–water partition coefficient (Wildman–Crippen LogP) is 1.70. The fraction of sp³-hybridized carbons (Fsp3) is 0.235. The Morgan fingerprint density at radius 1 is 1.32 bits per heavy atom. The molecule has 0 aliphatic carbocycles. The summed E-state index contributed by atoms with van der Waals surface area (Å²) in [4.78, 5) is 20.3. The van der Waals surface area contributed by atoms with Crippen LogP contribution in [0.1, 0.15) is 23.3 Å². The van der Waals surface area contributed by atoms with Crippen molar-refractivity contribution in [1.29, 1.82) is 0 Å². The summed E-state index contributed by atoms with van der Waals surface area (Å²) in [5, 5.41) is 15.1. The van der Waals surface area contributed by atoms with Crippen LogP contribution in [0.25, 0.3) is 5.82 Å². The van der Waals surface area contributed by atoms with Crippen LogP contribution >= 0.6 is 0 Å². The van der Waals surface area contributed by atoms with E-state index < -0.39 is 6.10 Å². The van der Waals surface area contributed by atoms with Gasteiger partial charge in [0.05, 0.1) is 12.8 Å². The number of hydrogen-bond donors (Lipinski definition) is 3. The number of nitrogens with one attached hydrogen (secondary N) is 2. The minimum absolute atomic E-state index is 0.0659. The number of rotatable bonds is 6. The minimum atomic E-state index is -0.875. The van der Waals surface area contributed by atoms with Crippen molar-refractivity contribution >= 4 is 6.03 Å². The highest BCUT2D eigenvalue weighted by Crippen LogP contribution is 2.11. The Balaban J connectivity index is 1.46. The summed E-state index contributed by atoms with van der Waals surface area (Å²) < 4.78 is 6.95. The van der Waals surface area contributed by atoms with Crippen LogP contribution in [0.3, 0.4) is 0 Å². The maximum Gasteiger partial charge on any atom is 0.315 e. The molecule has 0 radical (unpaired) electrons. The monoisotopic (exact) mass is 341 g/mol. The van der Waals surface area contributed by atoms with Gasteiger partial charge in [-0.3, -0.25) is 4.57 Å². The van der Waals surface area contributed by atoms with Gasteiger partial charge >= 0.3 is 6.03 Å². The normalized spacial score (nSPS) is 11.9. The molecule has 2 amide bonds. The SMILES string of the molecule is Cc1nccn1-c1ccc(CNC(=O)NCC(O)c2ccco2)cn1. The van der Waals surface area contributed by atoms with Gasteiger partial charge in [-0.2, -0.15) is 0 Å². The molecule has 3 aromatic rings. The lowest BCUT2D eigenvalue weighted by Gasteiger charge is -2.11. The van der Waals surface area contributed by atoms with Gasteiger partial charge < -0.3 is 20.2 Å². The number of aromatic nitrogens is 3. The number of pyridine rings is 1. The van der Waals surface area contributed by atoms with E-state index >= 15 is 0 Å². The third-order valence-electron chi connectivity index (χ3n) is 3.66. The van der Waals surface area contributed by atoms with Gasteiger partial charge in [0.15, 0.2) is 0 Å². The van der Waals surface area contributed by atoms with Crippen molar-refractivity contribution in [2.45, 2.75) is 19.6 Å². The first-order valence-electron chi connectivity index (χ1n) is 7.82. The highest BCUT2D eigenvalue weighted by molar-refractivity contribution is 5.73. The van der Waals surface area contributed by atoms with Gasteiger partial charge in [-0.25, -0.2) is 14.8 Å². The standard InChI is InChI=1S/C17H19N5O3/c1-12-18-6-7-22(12)16-5-4-13(9-19-16)10-20-17(24)21-11-14(23)15-3-2-8-25-15/h2-9,14,23H,10-11H2,1H3,(H2,20,21,24). The lowest BCUT2D eigenvalue weighted by Crippen LogP contribution is -2.37. The van der Waals surface area contributed by atoms with Gasteiger partial charge in [0.2, 0.25) is 0 Å². The second-order valence-corrected chi connectivity index (χ2v) is 5.46. The van der Waals surface area contributed by atoms with E-state index in [1.165, 1.54) is 6.26 Å². The third-order valence-corrected chi connectivity index (χ3v) is 3.66. The first kappa shape index (κ1) is 16.7. The second kappa shape index (κ2) is 7.63. The largest absolute Gasteiger partial charge is 0.467 e. The summed E-state index contributed by atoms with van der Waals surface area (Å²) in [6, 6.07) is 6.71. The van der Waals surface area contributed by atoms with Crippen LogP contribution in [0.15, 0.2) is 53.5 Å². The zero-order valence-corrected chi connectivity index (χ0v) is 13.7. The number of hydrogen-bond acceptors (Lipinski definition) is 5. The molecule has 1 atom stereocenters. The maximum atomic E-state index is 11.8. The minimum Gasteiger partial charge on any atom is -0.467 e. The van der Waals surface area contributed by atoms with Gasteiger partial charge in [-0.05, 0) is 30.7 Å². The summed E-state index contributed by atoms with van der Waals surface area (Å²) in [5.41, 5.74) is 0.864. The Hall–Kier alpha value is -3.13. The number of amides is 2. The first-order valence-corrected chi connectivity index (χ1v) is 7.82. The molecule has 130 valence electrons. The highest BCUT2D eigenvalue weighted by atomic mass is 16.4. The molecule has 0 saturated heterocycles. The molecule has 8 nitrogen and oxygen atoms in total. The van der Waals surface area contributed by atoms with E-state index in [9.17, 15) is 9.90 Å². The van der Waals surface area contributed by atoms with E-state index in [1.807, 2.05) is 29.8 Å². The van der Waals surface area contributed by atoms with E-state index in [0.717, 1.165) is 17.2 Å². The highest BCUT2D eigenvalue weighted by Gasteiger charge is 2.11. The number of nitrogens with zero attached hydrogens (tertiary/aromatic N) is 3. The molecule has 0 spiro atoms. The van der Waals surface area contributed by atoms with Crippen molar-refractivity contribution in [3.8, 4) is 5.82 Å². The summed E-state index contributed by atoms with van der Waals surface area (Å²) in [5.74, 6) is 2.03. The lowest BCUT2D eigenvalue weighted by atomic mass is 10.2. The summed E-state index contributed by atoms with van der Waals surface area (Å²) in [6.45, 7) is 2.30. The van der Waals surface area contributed by atoms with Crippen molar-refractivity contribution in [3.63, 3.8) is 0 Å². The van der Waals surface area contributed by atoms with E-state index in [4.69, 9.17) is 4.42 Å². The van der Waals surface area contributed by atoms with E-state index in [0.29, 0.717) is 12.3 Å². The summed E-state index contributed by atoms with van der Waals surface area (Å²) in [7, 11) is 0. The van der Waals surface area contributed by atoms with Crippen molar-refractivity contribution in [1.82, 2.24) is 25.2 Å². The zero-order valence-electron chi connectivity index (χ0n) is 13.7. The smallest absolute Gasteiger partial charge is 0.315 e. The van der Waals surface area contributed by atoms with Crippen molar-refractivity contribution in [2.24, 2.45) is 0 Å². The molecule has 0 saturated carbocycles. The fourth-order valence-electron chi connectivity index (χ4n) is 2.30. The second-order valence-electron chi connectivity index (χ2n) is 5.46. The molecule has 8 heteroatoms. The molecule has 3 rings (SSSR count). The Labute approximate surface area is 144 Å². The summed E-state index contributed by atoms with van der Waals surface area (Å²) >= 11 is 0. The number of aryl methyl sites for hydroxylation is 1. The number of imidazole rings is 1. The lowest BCUT2D eigenvalue weighted by molar-refractivity contribution is 0.148. The van der Waals surface area contributed by atoms with Crippen LogP contribution in [0.5, 0.6) is 0 Å². The van der Waals surface area contributed by atoms with Crippen LogP contribution in [0.2, 0.25) is 0 Å². The average Bonchev–Trinajstić information content (AvgIpc) is 3.30. The fourth-order valence-corrected chi connectivity index (χ4v) is 2.30. The quantitative estimate of drug-likeness (QED) is 0.633. The first-order chi connectivity index (χ1) is 12.1. The van der Waals surface area contributed by atoms with Crippen LogP contribution in [-0.2, 0) is 6.54 Å². The Morgan fingerprint density at radius 2 is 2.20 bits per heavy atom.